The summed E-state index contributed by atoms with van der Waals surface area (Å²) in [5.41, 5.74) is 2.27. The third kappa shape index (κ3) is 5.02. The van der Waals surface area contributed by atoms with Crippen LogP contribution in [0.5, 0.6) is 0 Å². The number of allylic oxidation sites excluding steroid dienone is 1. The Balaban J connectivity index is 1.59. The van der Waals surface area contributed by atoms with Crippen molar-refractivity contribution in [1.82, 2.24) is 14.9 Å². The third-order valence-corrected chi connectivity index (χ3v) is 7.12. The lowest BCUT2D eigenvalue weighted by Gasteiger charge is -2.25. The zero-order chi connectivity index (χ0) is 22.5. The molecule has 2 aromatic rings. The molecule has 1 N–H and O–H groups in total. The van der Waals surface area contributed by atoms with E-state index in [1.54, 1.807) is 24.1 Å². The van der Waals surface area contributed by atoms with Crippen molar-refractivity contribution in [3.63, 3.8) is 0 Å². The molecule has 0 spiro atoms. The first kappa shape index (κ1) is 22.5. The van der Waals surface area contributed by atoms with Crippen LogP contribution in [0.1, 0.15) is 60.3 Å². The maximum atomic E-state index is 13.0. The number of benzene rings is 1. The minimum Gasteiger partial charge on any atom is -0.384 e. The Morgan fingerprint density at radius 1 is 1.28 bits per heavy atom. The Kier molecular flexibility index (Phi) is 7.22. The van der Waals surface area contributed by atoms with Gasteiger partial charge in [-0.25, -0.2) is 9.97 Å². The third-order valence-electron chi connectivity index (χ3n) is 5.96. The molecule has 8 heteroatoms. The number of methoxy groups -OCH3 is 1. The van der Waals surface area contributed by atoms with Crippen LogP contribution in [0.25, 0.3) is 0 Å². The average Bonchev–Trinajstić information content (AvgIpc) is 2.94. The normalized spacial score (nSPS) is 17.1. The molecule has 2 aliphatic rings. The van der Waals surface area contributed by atoms with Crippen LogP contribution < -0.4 is 5.32 Å². The van der Waals surface area contributed by atoms with Crippen molar-refractivity contribution in [3.8, 4) is 0 Å². The highest BCUT2D eigenvalue weighted by Gasteiger charge is 2.28. The number of ether oxygens (including phenoxy) is 1. The van der Waals surface area contributed by atoms with E-state index in [2.05, 4.69) is 10.3 Å². The molecule has 0 atom stereocenters. The number of nitrogens with one attached hydrogen (secondary N) is 1. The fourth-order valence-electron chi connectivity index (χ4n) is 3.77. The monoisotopic (exact) mass is 452 g/mol. The summed E-state index contributed by atoms with van der Waals surface area (Å²) in [6.07, 6.45) is 5.85. The number of nitrogens with zero attached hydrogens (tertiary/aromatic N) is 3. The molecule has 0 bridgehead atoms. The lowest BCUT2D eigenvalue weighted by atomic mass is 9.85. The van der Waals surface area contributed by atoms with Crippen molar-refractivity contribution in [3.05, 3.63) is 64.1 Å². The molecule has 1 aromatic heterocycles. The first-order valence-corrected chi connectivity index (χ1v) is 11.7. The minimum absolute atomic E-state index is 0.0506. The van der Waals surface area contributed by atoms with Crippen LogP contribution >= 0.6 is 11.8 Å². The van der Waals surface area contributed by atoms with E-state index in [0.717, 1.165) is 52.4 Å². The number of anilines is 1. The molecule has 1 aromatic carbocycles. The van der Waals surface area contributed by atoms with Crippen LogP contribution in [-0.4, -0.2) is 46.2 Å². The van der Waals surface area contributed by atoms with E-state index in [0.29, 0.717) is 31.1 Å². The molecule has 7 nitrogen and oxygen atoms in total. The van der Waals surface area contributed by atoms with Crippen molar-refractivity contribution in [2.24, 2.45) is 0 Å². The number of aromatic nitrogens is 2. The SMILES string of the molecule is COCC/C(SC(=O)c1ccccc1)=C(\C)N1Cc2cnc(C3CCC3)nc2NCC1=O. The highest BCUT2D eigenvalue weighted by molar-refractivity contribution is 8.17. The molecular weight excluding hydrogens is 424 g/mol. The van der Waals surface area contributed by atoms with Gasteiger partial charge in [-0.15, -0.1) is 0 Å². The lowest BCUT2D eigenvalue weighted by molar-refractivity contribution is -0.127. The van der Waals surface area contributed by atoms with Gasteiger partial charge < -0.3 is 15.0 Å². The van der Waals surface area contributed by atoms with Gasteiger partial charge in [0.15, 0.2) is 0 Å². The number of thioether (sulfide) groups is 1. The summed E-state index contributed by atoms with van der Waals surface area (Å²) in [4.78, 5) is 37.7. The Morgan fingerprint density at radius 3 is 2.75 bits per heavy atom. The number of hydrogen-bond acceptors (Lipinski definition) is 7. The molecule has 1 fully saturated rings. The van der Waals surface area contributed by atoms with Gasteiger partial charge in [0.2, 0.25) is 11.0 Å². The standard InChI is InChI=1S/C24H28N4O3S/c1-16(20(11-12-31-2)32-24(30)18-7-4-3-5-8-18)28-15-19-13-25-22(17-9-6-10-17)27-23(19)26-14-21(28)29/h3-5,7-8,13,17H,6,9-12,14-15H2,1-2H3,(H,25,26,27)/b20-16-. The molecule has 32 heavy (non-hydrogen) atoms. The van der Waals surface area contributed by atoms with Gasteiger partial charge >= 0.3 is 0 Å². The lowest BCUT2D eigenvalue weighted by Crippen LogP contribution is -2.32. The second-order valence-corrected chi connectivity index (χ2v) is 9.14. The molecule has 1 aliphatic carbocycles. The molecule has 0 unspecified atom stereocenters. The highest BCUT2D eigenvalue weighted by Crippen LogP contribution is 2.36. The van der Waals surface area contributed by atoms with E-state index in [4.69, 9.17) is 9.72 Å². The molecule has 0 saturated heterocycles. The van der Waals surface area contributed by atoms with Crippen molar-refractivity contribution in [1.29, 1.82) is 0 Å². The summed E-state index contributed by atoms with van der Waals surface area (Å²) in [5.74, 6) is 1.96. The number of carbonyl (C=O) groups excluding carboxylic acids is 2. The maximum absolute atomic E-state index is 13.0. The van der Waals surface area contributed by atoms with Crippen LogP contribution in [0.4, 0.5) is 5.82 Å². The molecule has 1 aliphatic heterocycles. The molecule has 1 saturated carbocycles. The summed E-state index contributed by atoms with van der Waals surface area (Å²) >= 11 is 1.16. The largest absolute Gasteiger partial charge is 0.384 e. The highest BCUT2D eigenvalue weighted by atomic mass is 32.2. The Morgan fingerprint density at radius 2 is 2.06 bits per heavy atom. The fraction of sp³-hybridized carbons (Fsp3) is 0.417. The summed E-state index contributed by atoms with van der Waals surface area (Å²) in [6, 6.07) is 9.17. The summed E-state index contributed by atoms with van der Waals surface area (Å²) in [6.45, 7) is 2.88. The van der Waals surface area contributed by atoms with E-state index in [1.165, 1.54) is 6.42 Å². The van der Waals surface area contributed by atoms with Gasteiger partial charge in [-0.05, 0) is 31.5 Å². The van der Waals surface area contributed by atoms with Crippen LogP contribution in [0.2, 0.25) is 0 Å². The van der Waals surface area contributed by atoms with Gasteiger partial charge in [-0.3, -0.25) is 9.59 Å². The summed E-state index contributed by atoms with van der Waals surface area (Å²) in [5, 5.41) is 3.14. The van der Waals surface area contributed by atoms with Crippen LogP contribution in [0.15, 0.2) is 47.1 Å². The van der Waals surface area contributed by atoms with Crippen LogP contribution in [-0.2, 0) is 16.1 Å². The quantitative estimate of drug-likeness (QED) is 0.669. The predicted octanol–water partition coefficient (Wildman–Crippen LogP) is 4.34. The average molecular weight is 453 g/mol. The Hall–Kier alpha value is -2.71. The summed E-state index contributed by atoms with van der Waals surface area (Å²) < 4.78 is 5.26. The smallest absolute Gasteiger partial charge is 0.246 e. The van der Waals surface area contributed by atoms with E-state index in [9.17, 15) is 9.59 Å². The van der Waals surface area contributed by atoms with E-state index in [1.807, 2.05) is 31.3 Å². The van der Waals surface area contributed by atoms with Crippen LogP contribution in [0.3, 0.4) is 0 Å². The number of amides is 1. The van der Waals surface area contributed by atoms with Crippen molar-refractivity contribution >= 4 is 28.6 Å². The predicted molar refractivity (Wildman–Crippen MR) is 125 cm³/mol. The maximum Gasteiger partial charge on any atom is 0.246 e. The van der Waals surface area contributed by atoms with Gasteiger partial charge in [0.1, 0.15) is 11.6 Å². The van der Waals surface area contributed by atoms with Gasteiger partial charge in [0.25, 0.3) is 0 Å². The van der Waals surface area contributed by atoms with Gasteiger partial charge in [-0.2, -0.15) is 0 Å². The van der Waals surface area contributed by atoms with E-state index >= 15 is 0 Å². The van der Waals surface area contributed by atoms with Crippen LogP contribution in [0, 0.1) is 0 Å². The van der Waals surface area contributed by atoms with E-state index in [-0.39, 0.29) is 17.6 Å². The number of hydrogen-bond donors (Lipinski definition) is 1. The molecule has 1 amide bonds. The first-order valence-electron chi connectivity index (χ1n) is 10.9. The number of rotatable bonds is 7. The fourth-order valence-corrected chi connectivity index (χ4v) is 4.69. The zero-order valence-corrected chi connectivity index (χ0v) is 19.3. The Labute approximate surface area is 192 Å². The van der Waals surface area contributed by atoms with Gasteiger partial charge in [0.05, 0.1) is 19.7 Å². The summed E-state index contributed by atoms with van der Waals surface area (Å²) in [7, 11) is 1.63. The number of carbonyl (C=O) groups is 2. The molecule has 168 valence electrons. The van der Waals surface area contributed by atoms with Crippen molar-refractivity contribution in [2.75, 3.05) is 25.6 Å². The Bertz CT molecular complexity index is 1020. The second-order valence-electron chi connectivity index (χ2n) is 8.07. The minimum atomic E-state index is -0.0617. The first-order chi connectivity index (χ1) is 15.6. The van der Waals surface area contributed by atoms with E-state index < -0.39 is 0 Å². The molecule has 4 rings (SSSR count). The van der Waals surface area contributed by atoms with Gasteiger partial charge in [0, 0.05) is 47.4 Å². The zero-order valence-electron chi connectivity index (χ0n) is 18.5. The molecule has 2 heterocycles. The second kappa shape index (κ2) is 10.3. The topological polar surface area (TPSA) is 84.4 Å². The van der Waals surface area contributed by atoms with Crippen molar-refractivity contribution in [2.45, 2.75) is 45.1 Å². The van der Waals surface area contributed by atoms with Crippen molar-refractivity contribution < 1.29 is 14.3 Å². The van der Waals surface area contributed by atoms with Gasteiger partial charge in [-0.1, -0.05) is 36.8 Å². The molecular formula is C24H28N4O3S. The molecule has 0 radical (unpaired) electrons. The number of fused-ring (bicyclic) bond motifs is 1.